The maximum absolute atomic E-state index is 12.3. The summed E-state index contributed by atoms with van der Waals surface area (Å²) in [5.74, 6) is -0.000862. The number of sulfonamides is 1. The van der Waals surface area contributed by atoms with Gasteiger partial charge in [0.05, 0.1) is 11.3 Å². The van der Waals surface area contributed by atoms with Crippen molar-refractivity contribution in [2.75, 3.05) is 6.54 Å². The molecule has 160 valence electrons. The molecule has 2 atom stereocenters. The fourth-order valence-electron chi connectivity index (χ4n) is 2.85. The number of rotatable bonds is 13. The van der Waals surface area contributed by atoms with E-state index in [1.807, 2.05) is 17.8 Å². The second kappa shape index (κ2) is 12.5. The summed E-state index contributed by atoms with van der Waals surface area (Å²) < 4.78 is 25.9. The normalized spacial score (nSPS) is 18.8. The Balaban J connectivity index is 2.37. The fraction of sp³-hybridized carbons (Fsp3) is 0.667. The third-order valence-electron chi connectivity index (χ3n) is 4.76. The van der Waals surface area contributed by atoms with Crippen LogP contribution in [0.25, 0.3) is 0 Å². The maximum atomic E-state index is 12.3. The first-order valence-corrected chi connectivity index (χ1v) is 12.5. The van der Waals surface area contributed by atoms with Crippen LogP contribution in [-0.2, 0) is 14.8 Å². The summed E-state index contributed by atoms with van der Waals surface area (Å²) in [4.78, 5) is 12.3. The molecule has 0 aliphatic carbocycles. The van der Waals surface area contributed by atoms with Crippen molar-refractivity contribution in [3.63, 3.8) is 0 Å². The number of nitrogens with one attached hydrogen (secondary N) is 2. The van der Waals surface area contributed by atoms with E-state index in [0.717, 1.165) is 12.8 Å². The van der Waals surface area contributed by atoms with E-state index < -0.39 is 15.3 Å². The molecule has 1 aliphatic heterocycles. The minimum atomic E-state index is -3.23. The molecule has 0 spiro atoms. The van der Waals surface area contributed by atoms with Gasteiger partial charge in [-0.2, -0.15) is 0 Å². The molecule has 0 radical (unpaired) electrons. The summed E-state index contributed by atoms with van der Waals surface area (Å²) >= 11 is 1.89. The van der Waals surface area contributed by atoms with E-state index in [9.17, 15) is 13.2 Å². The van der Waals surface area contributed by atoms with Gasteiger partial charge in [0.2, 0.25) is 15.9 Å². The van der Waals surface area contributed by atoms with E-state index in [1.165, 1.54) is 11.1 Å². The number of unbranched alkanes of at least 4 members (excludes halogenated alkanes) is 1. The fourth-order valence-corrected chi connectivity index (χ4v) is 4.70. The van der Waals surface area contributed by atoms with E-state index in [4.69, 9.17) is 0 Å². The van der Waals surface area contributed by atoms with E-state index in [1.54, 1.807) is 13.8 Å². The van der Waals surface area contributed by atoms with Gasteiger partial charge in [-0.3, -0.25) is 4.79 Å². The van der Waals surface area contributed by atoms with E-state index in [2.05, 4.69) is 41.9 Å². The summed E-state index contributed by atoms with van der Waals surface area (Å²) in [6, 6.07) is -0.0232. The lowest BCUT2D eigenvalue weighted by Gasteiger charge is -2.19. The Morgan fingerprint density at radius 2 is 2.11 bits per heavy atom. The van der Waals surface area contributed by atoms with Crippen LogP contribution >= 0.6 is 11.8 Å². The molecular weight excluding hydrogens is 392 g/mol. The molecule has 0 aromatic carbocycles. The Labute approximate surface area is 175 Å². The molecule has 1 heterocycles. The zero-order chi connectivity index (χ0) is 21.2. The van der Waals surface area contributed by atoms with Gasteiger partial charge in [0, 0.05) is 18.2 Å². The standard InChI is InChI=1S/C21H36N2O3S2/c1-6-9-20(18(5)11-12-19-14-17(4)15-27-19)23-21(24)10-7-8-13-22-28(25,26)16(2)3/h6,11,15-16,19-20,22H,1,7-10,12-14H2,2-5H3,(H,23,24)/b18-11-. The number of allylic oxidation sites excluding steroid dienone is 2. The quantitative estimate of drug-likeness (QED) is 0.339. The summed E-state index contributed by atoms with van der Waals surface area (Å²) in [6.45, 7) is 11.7. The molecule has 0 saturated heterocycles. The minimum Gasteiger partial charge on any atom is -0.349 e. The first kappa shape index (κ1) is 25.0. The van der Waals surface area contributed by atoms with Gasteiger partial charge in [-0.05, 0) is 65.2 Å². The first-order valence-electron chi connectivity index (χ1n) is 10.0. The number of thioether (sulfide) groups is 1. The highest BCUT2D eigenvalue weighted by Gasteiger charge is 2.17. The van der Waals surface area contributed by atoms with Crippen LogP contribution in [0.1, 0.15) is 66.2 Å². The lowest BCUT2D eigenvalue weighted by atomic mass is 10.0. The number of amides is 1. The molecule has 7 heteroatoms. The third kappa shape index (κ3) is 9.43. The molecule has 1 rings (SSSR count). The molecule has 0 aromatic heterocycles. The number of hydrogen-bond donors (Lipinski definition) is 2. The van der Waals surface area contributed by atoms with E-state index in [-0.39, 0.29) is 11.9 Å². The Kier molecular flexibility index (Phi) is 11.2. The summed E-state index contributed by atoms with van der Waals surface area (Å²) in [5, 5.41) is 5.49. The van der Waals surface area contributed by atoms with Crippen LogP contribution in [0, 0.1) is 0 Å². The number of carbonyl (C=O) groups excluding carboxylic acids is 1. The predicted molar refractivity (Wildman–Crippen MR) is 121 cm³/mol. The number of carbonyl (C=O) groups is 1. The van der Waals surface area contributed by atoms with Crippen molar-refractivity contribution in [1.29, 1.82) is 0 Å². The Bertz CT molecular complexity index is 682. The monoisotopic (exact) mass is 428 g/mol. The SMILES string of the molecule is C=CCC(NC(=O)CCCCNS(=O)(=O)C(C)C)/C(C)=C\CC1CC(C)=CS1. The highest BCUT2D eigenvalue weighted by molar-refractivity contribution is 8.03. The summed E-state index contributed by atoms with van der Waals surface area (Å²) in [7, 11) is -3.23. The molecule has 0 saturated carbocycles. The van der Waals surface area contributed by atoms with E-state index in [0.29, 0.717) is 37.5 Å². The summed E-state index contributed by atoms with van der Waals surface area (Å²) in [5.41, 5.74) is 2.61. The lowest BCUT2D eigenvalue weighted by molar-refractivity contribution is -0.121. The zero-order valence-corrected chi connectivity index (χ0v) is 19.3. The van der Waals surface area contributed by atoms with Crippen LogP contribution in [0.4, 0.5) is 0 Å². The maximum Gasteiger partial charge on any atom is 0.220 e. The smallest absolute Gasteiger partial charge is 0.220 e. The molecule has 2 N–H and O–H groups in total. The van der Waals surface area contributed by atoms with Crippen LogP contribution in [0.15, 0.2) is 35.3 Å². The van der Waals surface area contributed by atoms with Gasteiger partial charge in [-0.1, -0.05) is 23.3 Å². The second-order valence-corrected chi connectivity index (χ2v) is 11.2. The molecular formula is C21H36N2O3S2. The van der Waals surface area contributed by atoms with Crippen molar-refractivity contribution < 1.29 is 13.2 Å². The topological polar surface area (TPSA) is 75.3 Å². The zero-order valence-electron chi connectivity index (χ0n) is 17.7. The molecule has 2 unspecified atom stereocenters. The van der Waals surface area contributed by atoms with Crippen LogP contribution in [0.2, 0.25) is 0 Å². The largest absolute Gasteiger partial charge is 0.349 e. The predicted octanol–water partition coefficient (Wildman–Crippen LogP) is 4.29. The van der Waals surface area contributed by atoms with Gasteiger partial charge < -0.3 is 5.32 Å². The molecule has 0 aromatic rings. The van der Waals surface area contributed by atoms with Crippen molar-refractivity contribution in [2.24, 2.45) is 0 Å². The van der Waals surface area contributed by atoms with Gasteiger partial charge >= 0.3 is 0 Å². The Morgan fingerprint density at radius 3 is 2.68 bits per heavy atom. The van der Waals surface area contributed by atoms with Crippen molar-refractivity contribution >= 4 is 27.7 Å². The molecule has 0 fully saturated rings. The van der Waals surface area contributed by atoms with Gasteiger partial charge in [-0.15, -0.1) is 18.3 Å². The highest BCUT2D eigenvalue weighted by Crippen LogP contribution is 2.32. The molecule has 0 bridgehead atoms. The Hall–Kier alpha value is -1.05. The van der Waals surface area contributed by atoms with Gasteiger partial charge in [0.1, 0.15) is 0 Å². The van der Waals surface area contributed by atoms with Gasteiger partial charge in [-0.25, -0.2) is 13.1 Å². The van der Waals surface area contributed by atoms with Gasteiger partial charge in [0.25, 0.3) is 0 Å². The molecule has 5 nitrogen and oxygen atoms in total. The third-order valence-corrected chi connectivity index (χ3v) is 7.89. The van der Waals surface area contributed by atoms with Crippen molar-refractivity contribution in [3.8, 4) is 0 Å². The molecule has 28 heavy (non-hydrogen) atoms. The lowest BCUT2D eigenvalue weighted by Crippen LogP contribution is -2.35. The van der Waals surface area contributed by atoms with Crippen LogP contribution in [-0.4, -0.2) is 37.4 Å². The van der Waals surface area contributed by atoms with Crippen LogP contribution < -0.4 is 10.0 Å². The second-order valence-electron chi connectivity index (χ2n) is 7.70. The highest BCUT2D eigenvalue weighted by atomic mass is 32.2. The van der Waals surface area contributed by atoms with Crippen molar-refractivity contribution in [1.82, 2.24) is 10.0 Å². The Morgan fingerprint density at radius 1 is 1.39 bits per heavy atom. The average Bonchev–Trinajstić information content (AvgIpc) is 3.04. The minimum absolute atomic E-state index is 0.000862. The van der Waals surface area contributed by atoms with Crippen molar-refractivity contribution in [2.45, 2.75) is 82.8 Å². The van der Waals surface area contributed by atoms with Crippen molar-refractivity contribution in [3.05, 3.63) is 35.3 Å². The molecule has 1 aliphatic rings. The van der Waals surface area contributed by atoms with Crippen LogP contribution in [0.3, 0.4) is 0 Å². The van der Waals surface area contributed by atoms with Crippen LogP contribution in [0.5, 0.6) is 0 Å². The van der Waals surface area contributed by atoms with E-state index >= 15 is 0 Å². The summed E-state index contributed by atoms with van der Waals surface area (Å²) in [6.07, 6.45) is 8.60. The number of hydrogen-bond acceptors (Lipinski definition) is 4. The van der Waals surface area contributed by atoms with Gasteiger partial charge in [0.15, 0.2) is 0 Å². The average molecular weight is 429 g/mol. The molecule has 1 amide bonds. The first-order chi connectivity index (χ1) is 13.2.